The van der Waals surface area contributed by atoms with E-state index in [-0.39, 0.29) is 11.9 Å². The van der Waals surface area contributed by atoms with Gasteiger partial charge in [-0.1, -0.05) is 5.21 Å². The van der Waals surface area contributed by atoms with Gasteiger partial charge in [-0.2, -0.15) is 0 Å². The second-order valence-corrected chi connectivity index (χ2v) is 6.10. The van der Waals surface area contributed by atoms with E-state index in [9.17, 15) is 4.79 Å². The summed E-state index contributed by atoms with van der Waals surface area (Å²) in [5, 5.41) is 8.27. The quantitative estimate of drug-likeness (QED) is 0.780. The molecule has 4 rings (SSSR count). The van der Waals surface area contributed by atoms with E-state index >= 15 is 0 Å². The van der Waals surface area contributed by atoms with E-state index in [1.807, 2.05) is 10.9 Å². The first-order valence-electron chi connectivity index (χ1n) is 7.83. The molecule has 8 heteroatoms. The Balaban J connectivity index is 1.28. The fraction of sp³-hybridized carbons (Fsp3) is 0.533. The van der Waals surface area contributed by atoms with E-state index in [1.54, 1.807) is 11.1 Å². The minimum atomic E-state index is -0.0949. The van der Waals surface area contributed by atoms with E-state index in [0.717, 1.165) is 18.2 Å². The van der Waals surface area contributed by atoms with Gasteiger partial charge in [0.2, 0.25) is 0 Å². The number of hydrogen-bond acceptors (Lipinski definition) is 6. The molecule has 0 spiro atoms. The highest BCUT2D eigenvalue weighted by Crippen LogP contribution is 2.29. The summed E-state index contributed by atoms with van der Waals surface area (Å²) in [7, 11) is 0. The SMILES string of the molecule is O=C(c1cnccn1)N1CC(n2cc(COCC3CC3)nn2)C1. The van der Waals surface area contributed by atoms with E-state index in [2.05, 4.69) is 20.3 Å². The maximum Gasteiger partial charge on any atom is 0.274 e. The van der Waals surface area contributed by atoms with Gasteiger partial charge in [-0.15, -0.1) is 5.10 Å². The van der Waals surface area contributed by atoms with Crippen LogP contribution in [0.5, 0.6) is 0 Å². The van der Waals surface area contributed by atoms with Crippen molar-refractivity contribution in [3.05, 3.63) is 36.2 Å². The van der Waals surface area contributed by atoms with Gasteiger partial charge in [0.25, 0.3) is 5.91 Å². The van der Waals surface area contributed by atoms with Crippen LogP contribution in [0, 0.1) is 5.92 Å². The maximum absolute atomic E-state index is 12.2. The van der Waals surface area contributed by atoms with Gasteiger partial charge in [0.05, 0.1) is 25.0 Å². The zero-order valence-electron chi connectivity index (χ0n) is 12.7. The lowest BCUT2D eigenvalue weighted by atomic mass is 10.1. The van der Waals surface area contributed by atoms with Crippen LogP contribution in [0.4, 0.5) is 0 Å². The molecule has 0 bridgehead atoms. The maximum atomic E-state index is 12.2. The molecule has 2 aromatic heterocycles. The first kappa shape index (κ1) is 14.3. The Morgan fingerprint density at radius 1 is 1.30 bits per heavy atom. The lowest BCUT2D eigenvalue weighted by Crippen LogP contribution is -2.51. The lowest BCUT2D eigenvalue weighted by molar-refractivity contribution is 0.0491. The molecule has 8 nitrogen and oxygen atoms in total. The molecule has 2 aromatic rings. The summed E-state index contributed by atoms with van der Waals surface area (Å²) in [5.74, 6) is 0.653. The Morgan fingerprint density at radius 2 is 2.17 bits per heavy atom. The van der Waals surface area contributed by atoms with Crippen molar-refractivity contribution in [1.82, 2.24) is 29.9 Å². The van der Waals surface area contributed by atoms with Crippen LogP contribution in [0.3, 0.4) is 0 Å². The highest BCUT2D eigenvalue weighted by atomic mass is 16.5. The van der Waals surface area contributed by atoms with Crippen molar-refractivity contribution < 1.29 is 9.53 Å². The van der Waals surface area contributed by atoms with Gasteiger partial charge in [0, 0.05) is 32.1 Å². The van der Waals surface area contributed by atoms with Crippen molar-refractivity contribution in [2.45, 2.75) is 25.5 Å². The van der Waals surface area contributed by atoms with Crippen molar-refractivity contribution in [2.24, 2.45) is 5.92 Å². The molecule has 1 saturated carbocycles. The summed E-state index contributed by atoms with van der Waals surface area (Å²) in [6.07, 6.45) is 9.03. The Bertz CT molecular complexity index is 678. The van der Waals surface area contributed by atoms with Gasteiger partial charge >= 0.3 is 0 Å². The zero-order valence-corrected chi connectivity index (χ0v) is 12.7. The van der Waals surface area contributed by atoms with Crippen LogP contribution in [0.1, 0.15) is 35.1 Å². The summed E-state index contributed by atoms with van der Waals surface area (Å²) in [4.78, 5) is 21.9. The molecule has 2 aliphatic rings. The largest absolute Gasteiger partial charge is 0.375 e. The third-order valence-corrected chi connectivity index (χ3v) is 4.16. The third-order valence-electron chi connectivity index (χ3n) is 4.16. The number of nitrogens with zero attached hydrogens (tertiary/aromatic N) is 6. The van der Waals surface area contributed by atoms with E-state index < -0.39 is 0 Å². The van der Waals surface area contributed by atoms with Crippen molar-refractivity contribution in [1.29, 1.82) is 0 Å². The highest BCUT2D eigenvalue weighted by Gasteiger charge is 2.33. The van der Waals surface area contributed by atoms with Gasteiger partial charge < -0.3 is 9.64 Å². The van der Waals surface area contributed by atoms with Gasteiger partial charge in [0.15, 0.2) is 0 Å². The smallest absolute Gasteiger partial charge is 0.274 e. The van der Waals surface area contributed by atoms with E-state index in [4.69, 9.17) is 4.74 Å². The van der Waals surface area contributed by atoms with Crippen molar-refractivity contribution in [3.63, 3.8) is 0 Å². The van der Waals surface area contributed by atoms with Crippen LogP contribution in [-0.4, -0.2) is 55.5 Å². The molecule has 1 amide bonds. The van der Waals surface area contributed by atoms with Gasteiger partial charge in [-0.05, 0) is 18.8 Å². The summed E-state index contributed by atoms with van der Waals surface area (Å²) in [5.41, 5.74) is 1.21. The van der Waals surface area contributed by atoms with Crippen LogP contribution in [0.2, 0.25) is 0 Å². The number of ether oxygens (including phenoxy) is 1. The predicted octanol–water partition coefficient (Wildman–Crippen LogP) is 0.692. The zero-order chi connectivity index (χ0) is 15.6. The highest BCUT2D eigenvalue weighted by molar-refractivity contribution is 5.92. The first-order chi connectivity index (χ1) is 11.3. The minimum Gasteiger partial charge on any atom is -0.375 e. The second-order valence-electron chi connectivity index (χ2n) is 6.10. The van der Waals surface area contributed by atoms with Gasteiger partial charge in [-0.25, -0.2) is 9.67 Å². The molecule has 0 radical (unpaired) electrons. The molecule has 0 atom stereocenters. The molecule has 0 unspecified atom stereocenters. The average molecular weight is 314 g/mol. The number of likely N-dealkylation sites (tertiary alicyclic amines) is 1. The van der Waals surface area contributed by atoms with Crippen LogP contribution in [0.15, 0.2) is 24.8 Å². The van der Waals surface area contributed by atoms with Crippen molar-refractivity contribution in [2.75, 3.05) is 19.7 Å². The normalized spacial score (nSPS) is 18.0. The summed E-state index contributed by atoms with van der Waals surface area (Å²) >= 11 is 0. The molecular formula is C15H18N6O2. The number of carbonyl (C=O) groups is 1. The number of hydrogen-bond donors (Lipinski definition) is 0. The predicted molar refractivity (Wildman–Crippen MR) is 79.4 cm³/mol. The number of carbonyl (C=O) groups excluding carboxylic acids is 1. The molecule has 23 heavy (non-hydrogen) atoms. The van der Waals surface area contributed by atoms with Crippen LogP contribution in [0.25, 0.3) is 0 Å². The van der Waals surface area contributed by atoms with Gasteiger partial charge in [0.1, 0.15) is 11.4 Å². The minimum absolute atomic E-state index is 0.0949. The third kappa shape index (κ3) is 3.21. The van der Waals surface area contributed by atoms with Gasteiger partial charge in [-0.3, -0.25) is 9.78 Å². The second kappa shape index (κ2) is 6.04. The molecule has 0 aromatic carbocycles. The molecule has 3 heterocycles. The summed E-state index contributed by atoms with van der Waals surface area (Å²) < 4.78 is 7.43. The first-order valence-corrected chi connectivity index (χ1v) is 7.83. The topological polar surface area (TPSA) is 86.0 Å². The average Bonchev–Trinajstić information content (AvgIpc) is 3.24. The number of rotatable bonds is 6. The summed E-state index contributed by atoms with van der Waals surface area (Å²) in [6, 6.07) is 0.167. The van der Waals surface area contributed by atoms with Crippen LogP contribution >= 0.6 is 0 Å². The Hall–Kier alpha value is -2.35. The van der Waals surface area contributed by atoms with Crippen molar-refractivity contribution in [3.8, 4) is 0 Å². The molecule has 1 aliphatic carbocycles. The van der Waals surface area contributed by atoms with E-state index in [1.165, 1.54) is 25.2 Å². The molecule has 1 aliphatic heterocycles. The Kier molecular flexibility index (Phi) is 3.74. The molecule has 120 valence electrons. The van der Waals surface area contributed by atoms with E-state index in [0.29, 0.717) is 25.4 Å². The Morgan fingerprint density at radius 3 is 2.91 bits per heavy atom. The molecule has 1 saturated heterocycles. The fourth-order valence-electron chi connectivity index (χ4n) is 2.53. The monoisotopic (exact) mass is 314 g/mol. The fourth-order valence-corrected chi connectivity index (χ4v) is 2.53. The molecule has 0 N–H and O–H groups in total. The van der Waals surface area contributed by atoms with Crippen LogP contribution in [-0.2, 0) is 11.3 Å². The summed E-state index contributed by atoms with van der Waals surface area (Å²) in [6.45, 7) is 2.55. The molecule has 2 fully saturated rings. The van der Waals surface area contributed by atoms with Crippen LogP contribution < -0.4 is 0 Å². The lowest BCUT2D eigenvalue weighted by Gasteiger charge is -2.38. The van der Waals surface area contributed by atoms with Crippen molar-refractivity contribution >= 4 is 5.91 Å². The standard InChI is InChI=1S/C15H18N6O2/c22-15(14-5-16-3-4-17-14)20-7-13(8-20)21-6-12(18-19-21)10-23-9-11-1-2-11/h3-6,11,13H,1-2,7-10H2. The number of amides is 1. The molecular weight excluding hydrogens is 296 g/mol. The Labute approximate surface area is 133 Å². The number of aromatic nitrogens is 5.